The molecule has 114 valence electrons. The Bertz CT molecular complexity index is 643. The van der Waals surface area contributed by atoms with Crippen molar-refractivity contribution < 1.29 is 4.52 Å². The highest BCUT2D eigenvalue weighted by molar-refractivity contribution is 4.98. The van der Waals surface area contributed by atoms with Gasteiger partial charge in [-0.25, -0.2) is 9.48 Å². The minimum absolute atomic E-state index is 0.127. The Hall–Kier alpha value is -1.89. The lowest BCUT2D eigenvalue weighted by molar-refractivity contribution is 0.300. The first-order valence-corrected chi connectivity index (χ1v) is 7.42. The van der Waals surface area contributed by atoms with Crippen molar-refractivity contribution in [2.24, 2.45) is 18.7 Å². The first kappa shape index (κ1) is 14.1. The molecule has 0 spiro atoms. The third-order valence-electron chi connectivity index (χ3n) is 4.35. The van der Waals surface area contributed by atoms with Crippen LogP contribution in [0.3, 0.4) is 0 Å². The average Bonchev–Trinajstić information content (AvgIpc) is 3.07. The van der Waals surface area contributed by atoms with E-state index in [2.05, 4.69) is 10.3 Å². The largest absolute Gasteiger partial charge is 0.364 e. The van der Waals surface area contributed by atoms with Gasteiger partial charge in [0.25, 0.3) is 0 Å². The summed E-state index contributed by atoms with van der Waals surface area (Å²) < 4.78 is 7.83. The first-order valence-electron chi connectivity index (χ1n) is 7.42. The number of nitrogens with two attached hydrogens (primary N) is 1. The van der Waals surface area contributed by atoms with E-state index in [1.54, 1.807) is 17.7 Å². The highest BCUT2D eigenvalue weighted by Crippen LogP contribution is 2.25. The Kier molecular flexibility index (Phi) is 3.92. The van der Waals surface area contributed by atoms with E-state index in [1.165, 1.54) is 23.8 Å². The molecule has 2 aromatic heterocycles. The van der Waals surface area contributed by atoms with Crippen molar-refractivity contribution in [2.45, 2.75) is 44.7 Å². The van der Waals surface area contributed by atoms with Gasteiger partial charge in [0.15, 0.2) is 0 Å². The molecule has 0 aromatic carbocycles. The molecule has 1 aliphatic rings. The molecule has 1 aliphatic carbocycles. The Balaban J connectivity index is 1.78. The minimum atomic E-state index is -0.127. The second-order valence-corrected chi connectivity index (χ2v) is 5.82. The number of rotatable bonds is 4. The lowest BCUT2D eigenvalue weighted by atomic mass is 9.83. The number of hydrogen-bond donors (Lipinski definition) is 1. The lowest BCUT2D eigenvalue weighted by Gasteiger charge is -2.27. The number of aromatic nitrogens is 4. The van der Waals surface area contributed by atoms with Gasteiger partial charge in [-0.05, 0) is 18.8 Å². The zero-order chi connectivity index (χ0) is 14.8. The van der Waals surface area contributed by atoms with Crippen molar-refractivity contribution in [3.8, 4) is 0 Å². The molecular weight excluding hydrogens is 270 g/mol. The highest BCUT2D eigenvalue weighted by Gasteiger charge is 2.24. The first-order chi connectivity index (χ1) is 10.1. The van der Waals surface area contributed by atoms with Crippen LogP contribution in [-0.2, 0) is 20.0 Å². The van der Waals surface area contributed by atoms with Crippen LogP contribution in [0.1, 0.15) is 37.2 Å². The van der Waals surface area contributed by atoms with Gasteiger partial charge in [0.1, 0.15) is 17.8 Å². The third kappa shape index (κ3) is 2.92. The van der Waals surface area contributed by atoms with E-state index in [-0.39, 0.29) is 11.7 Å². The molecule has 0 saturated heterocycles. The molecule has 0 bridgehead atoms. The van der Waals surface area contributed by atoms with Crippen LogP contribution < -0.4 is 11.4 Å². The van der Waals surface area contributed by atoms with E-state index in [1.807, 2.05) is 0 Å². The number of nitrogens with zero attached hydrogens (tertiary/aromatic N) is 4. The van der Waals surface area contributed by atoms with Crippen LogP contribution in [0.2, 0.25) is 0 Å². The molecule has 7 heteroatoms. The summed E-state index contributed by atoms with van der Waals surface area (Å²) in [5.74, 6) is 1.21. The Morgan fingerprint density at radius 3 is 2.95 bits per heavy atom. The van der Waals surface area contributed by atoms with Crippen LogP contribution >= 0.6 is 0 Å². The lowest BCUT2D eigenvalue weighted by Crippen LogP contribution is -2.35. The Morgan fingerprint density at radius 2 is 2.24 bits per heavy atom. The van der Waals surface area contributed by atoms with Crippen molar-refractivity contribution in [3.05, 3.63) is 34.3 Å². The van der Waals surface area contributed by atoms with E-state index in [4.69, 9.17) is 10.3 Å². The summed E-state index contributed by atoms with van der Waals surface area (Å²) in [6, 6.07) is 1.95. The molecule has 1 fully saturated rings. The predicted molar refractivity (Wildman–Crippen MR) is 76.7 cm³/mol. The second-order valence-electron chi connectivity index (χ2n) is 5.82. The second kappa shape index (κ2) is 5.85. The van der Waals surface area contributed by atoms with Crippen molar-refractivity contribution in [1.82, 2.24) is 19.5 Å². The molecular formula is C14H21N5O2. The molecule has 2 heterocycles. The van der Waals surface area contributed by atoms with Gasteiger partial charge >= 0.3 is 5.69 Å². The summed E-state index contributed by atoms with van der Waals surface area (Å²) in [5.41, 5.74) is 6.75. The van der Waals surface area contributed by atoms with Crippen LogP contribution in [0.15, 0.2) is 21.6 Å². The molecule has 7 nitrogen and oxygen atoms in total. The van der Waals surface area contributed by atoms with E-state index in [0.717, 1.165) is 25.1 Å². The summed E-state index contributed by atoms with van der Waals surface area (Å²) in [6.07, 6.45) is 6.86. The third-order valence-corrected chi connectivity index (χ3v) is 4.35. The molecule has 0 amide bonds. The van der Waals surface area contributed by atoms with Crippen LogP contribution in [0, 0.1) is 5.92 Å². The summed E-state index contributed by atoms with van der Waals surface area (Å²) in [7, 11) is 1.76. The van der Waals surface area contributed by atoms with Gasteiger partial charge < -0.3 is 10.3 Å². The van der Waals surface area contributed by atoms with Gasteiger partial charge in [0.05, 0.1) is 6.54 Å². The fourth-order valence-corrected chi connectivity index (χ4v) is 3.01. The van der Waals surface area contributed by atoms with Crippen LogP contribution in [-0.4, -0.2) is 25.5 Å². The maximum absolute atomic E-state index is 12.2. The van der Waals surface area contributed by atoms with Crippen molar-refractivity contribution in [3.63, 3.8) is 0 Å². The maximum atomic E-state index is 12.2. The van der Waals surface area contributed by atoms with Gasteiger partial charge in [-0.3, -0.25) is 4.57 Å². The highest BCUT2D eigenvalue weighted by atomic mass is 16.5. The Labute approximate surface area is 122 Å². The monoisotopic (exact) mass is 291 g/mol. The molecule has 0 radical (unpaired) electrons. The fraction of sp³-hybridized carbons (Fsp3) is 0.643. The summed E-state index contributed by atoms with van der Waals surface area (Å²) in [4.78, 5) is 12.2. The van der Waals surface area contributed by atoms with Gasteiger partial charge in [-0.2, -0.15) is 5.10 Å². The summed E-state index contributed by atoms with van der Waals surface area (Å²) in [5, 5.41) is 8.26. The van der Waals surface area contributed by atoms with Crippen molar-refractivity contribution in [2.75, 3.05) is 0 Å². The van der Waals surface area contributed by atoms with E-state index < -0.39 is 0 Å². The molecule has 1 saturated carbocycles. The summed E-state index contributed by atoms with van der Waals surface area (Å²) >= 11 is 0. The van der Waals surface area contributed by atoms with E-state index in [9.17, 15) is 4.79 Å². The van der Waals surface area contributed by atoms with E-state index >= 15 is 0 Å². The smallest absolute Gasteiger partial charge is 0.346 e. The molecule has 3 rings (SSSR count). The molecule has 2 aromatic rings. The van der Waals surface area contributed by atoms with Crippen LogP contribution in [0.25, 0.3) is 0 Å². The standard InChI is InChI=1S/C14H21N5O2/c1-18-13(8-10-4-2-3-5-12(10)15)16-19(14(18)20)9-11-6-7-21-17-11/h6-7,10,12H,2-5,8-9,15H2,1H3/t10-,12-/m1/s1. The molecule has 21 heavy (non-hydrogen) atoms. The molecule has 0 aliphatic heterocycles. The molecule has 0 unspecified atom stereocenters. The topological polar surface area (TPSA) is 91.9 Å². The van der Waals surface area contributed by atoms with Crippen LogP contribution in [0.5, 0.6) is 0 Å². The maximum Gasteiger partial charge on any atom is 0.346 e. The molecule has 2 atom stereocenters. The zero-order valence-electron chi connectivity index (χ0n) is 12.2. The number of hydrogen-bond acceptors (Lipinski definition) is 5. The Morgan fingerprint density at radius 1 is 1.43 bits per heavy atom. The summed E-state index contributed by atoms with van der Waals surface area (Å²) in [6.45, 7) is 0.333. The zero-order valence-corrected chi connectivity index (χ0v) is 12.2. The van der Waals surface area contributed by atoms with Gasteiger partial charge in [0.2, 0.25) is 0 Å². The fourth-order valence-electron chi connectivity index (χ4n) is 3.01. The SMILES string of the molecule is Cn1c(C[C@H]2CCCC[C@H]2N)nn(Cc2ccon2)c1=O. The van der Waals surface area contributed by atoms with Crippen molar-refractivity contribution in [1.29, 1.82) is 0 Å². The van der Waals surface area contributed by atoms with Gasteiger partial charge in [-0.1, -0.05) is 18.0 Å². The van der Waals surface area contributed by atoms with Gasteiger partial charge in [-0.15, -0.1) is 0 Å². The predicted octanol–water partition coefficient (Wildman–Crippen LogP) is 0.678. The average molecular weight is 291 g/mol. The molecule has 2 N–H and O–H groups in total. The normalized spacial score (nSPS) is 22.6. The van der Waals surface area contributed by atoms with E-state index in [0.29, 0.717) is 18.2 Å². The van der Waals surface area contributed by atoms with Crippen molar-refractivity contribution >= 4 is 0 Å². The van der Waals surface area contributed by atoms with Gasteiger partial charge in [0, 0.05) is 25.6 Å². The quantitative estimate of drug-likeness (QED) is 0.894. The van der Waals surface area contributed by atoms with Crippen LogP contribution in [0.4, 0.5) is 0 Å². The minimum Gasteiger partial charge on any atom is -0.364 e.